The zero-order valence-electron chi connectivity index (χ0n) is 21.4. The lowest BCUT2D eigenvalue weighted by Gasteiger charge is -2.23. The summed E-state index contributed by atoms with van der Waals surface area (Å²) in [4.78, 5) is 11.6. The highest BCUT2D eigenvalue weighted by Gasteiger charge is 2.34. The van der Waals surface area contributed by atoms with Gasteiger partial charge >= 0.3 is 5.97 Å². The van der Waals surface area contributed by atoms with Crippen LogP contribution in [0.25, 0.3) is 0 Å². The summed E-state index contributed by atoms with van der Waals surface area (Å²) < 4.78 is 0. The maximum absolute atomic E-state index is 11.6. The van der Waals surface area contributed by atoms with E-state index < -0.39 is 11.6 Å². The number of carboxylic acids is 1. The summed E-state index contributed by atoms with van der Waals surface area (Å²) in [5, 5.41) is 20.0. The highest BCUT2D eigenvalue weighted by atomic mass is 16.4. The van der Waals surface area contributed by atoms with Crippen molar-refractivity contribution < 1.29 is 15.0 Å². The number of hydrogen-bond donors (Lipinski definition) is 2. The van der Waals surface area contributed by atoms with Crippen LogP contribution in [-0.4, -0.2) is 21.8 Å². The van der Waals surface area contributed by atoms with Crippen molar-refractivity contribution in [2.24, 2.45) is 5.92 Å². The number of carboxylic acid groups (broad SMARTS) is 1. The average molecular weight is 441 g/mol. The largest absolute Gasteiger partial charge is 0.479 e. The van der Waals surface area contributed by atoms with E-state index in [2.05, 4.69) is 20.8 Å². The van der Waals surface area contributed by atoms with Crippen LogP contribution in [0.4, 0.5) is 0 Å². The van der Waals surface area contributed by atoms with Crippen LogP contribution >= 0.6 is 0 Å². The number of rotatable bonds is 24. The average Bonchev–Trinajstić information content (AvgIpc) is 2.73. The Kier molecular flexibility index (Phi) is 20.9. The normalized spacial score (nSPS) is 13.6. The van der Waals surface area contributed by atoms with Crippen LogP contribution in [0.5, 0.6) is 0 Å². The molecule has 0 saturated heterocycles. The molecule has 0 heterocycles. The summed E-state index contributed by atoms with van der Waals surface area (Å²) >= 11 is 0. The Balaban J connectivity index is 3.60. The van der Waals surface area contributed by atoms with E-state index in [1.54, 1.807) is 0 Å². The van der Waals surface area contributed by atoms with Crippen LogP contribution in [-0.2, 0) is 4.79 Å². The van der Waals surface area contributed by atoms with Gasteiger partial charge in [0.25, 0.3) is 0 Å². The second-order valence-electron chi connectivity index (χ2n) is 10.4. The minimum Gasteiger partial charge on any atom is -0.479 e. The van der Waals surface area contributed by atoms with Crippen LogP contribution in [0.15, 0.2) is 0 Å². The van der Waals surface area contributed by atoms with E-state index in [1.807, 2.05) is 0 Å². The molecule has 1 atom stereocenters. The molecule has 186 valence electrons. The van der Waals surface area contributed by atoms with Gasteiger partial charge in [0.1, 0.15) is 0 Å². The van der Waals surface area contributed by atoms with Crippen molar-refractivity contribution in [2.75, 3.05) is 0 Å². The first-order chi connectivity index (χ1) is 14.9. The van der Waals surface area contributed by atoms with E-state index in [-0.39, 0.29) is 0 Å². The summed E-state index contributed by atoms with van der Waals surface area (Å²) in [5.74, 6) is -0.260. The third-order valence-corrected chi connectivity index (χ3v) is 6.71. The van der Waals surface area contributed by atoms with E-state index in [4.69, 9.17) is 0 Å². The molecule has 2 N–H and O–H groups in total. The molecule has 0 aliphatic heterocycles. The Labute approximate surface area is 194 Å². The Bertz CT molecular complexity index is 394. The molecular weight excluding hydrogens is 384 g/mol. The zero-order chi connectivity index (χ0) is 23.2. The summed E-state index contributed by atoms with van der Waals surface area (Å²) in [7, 11) is 0. The quantitative estimate of drug-likeness (QED) is 0.147. The van der Waals surface area contributed by atoms with Crippen molar-refractivity contribution in [3.05, 3.63) is 0 Å². The van der Waals surface area contributed by atoms with E-state index in [9.17, 15) is 15.0 Å². The van der Waals surface area contributed by atoms with Gasteiger partial charge in [-0.2, -0.15) is 0 Å². The predicted molar refractivity (Wildman–Crippen MR) is 135 cm³/mol. The van der Waals surface area contributed by atoms with Gasteiger partial charge in [0.05, 0.1) is 0 Å². The molecule has 3 heteroatoms. The number of aliphatic hydroxyl groups is 1. The Morgan fingerprint density at radius 1 is 0.613 bits per heavy atom. The van der Waals surface area contributed by atoms with Gasteiger partial charge in [-0.05, 0) is 31.6 Å². The minimum atomic E-state index is -1.50. The Morgan fingerprint density at radius 3 is 1.26 bits per heavy atom. The molecule has 0 spiro atoms. The smallest absolute Gasteiger partial charge is 0.335 e. The second-order valence-corrected chi connectivity index (χ2v) is 10.4. The topological polar surface area (TPSA) is 57.5 Å². The van der Waals surface area contributed by atoms with E-state index in [0.29, 0.717) is 12.8 Å². The van der Waals surface area contributed by atoms with Gasteiger partial charge in [-0.25, -0.2) is 4.79 Å². The summed E-state index contributed by atoms with van der Waals surface area (Å²) in [6, 6.07) is 0. The molecule has 0 amide bonds. The summed E-state index contributed by atoms with van der Waals surface area (Å²) in [6.07, 6.45) is 25.6. The van der Waals surface area contributed by atoms with Crippen LogP contribution in [0.2, 0.25) is 0 Å². The fraction of sp³-hybridized carbons (Fsp3) is 0.964. The highest BCUT2D eigenvalue weighted by Crippen LogP contribution is 2.24. The summed E-state index contributed by atoms with van der Waals surface area (Å²) in [5.41, 5.74) is -1.50. The van der Waals surface area contributed by atoms with Crippen LogP contribution in [0.1, 0.15) is 162 Å². The Morgan fingerprint density at radius 2 is 0.935 bits per heavy atom. The van der Waals surface area contributed by atoms with Gasteiger partial charge < -0.3 is 10.2 Å². The minimum absolute atomic E-state index is 0.408. The molecule has 1 unspecified atom stereocenters. The summed E-state index contributed by atoms with van der Waals surface area (Å²) in [6.45, 7) is 6.78. The van der Waals surface area contributed by atoms with Gasteiger partial charge in [0, 0.05) is 0 Å². The first-order valence-electron chi connectivity index (χ1n) is 13.9. The van der Waals surface area contributed by atoms with Gasteiger partial charge in [-0.3, -0.25) is 0 Å². The van der Waals surface area contributed by atoms with Crippen LogP contribution < -0.4 is 0 Å². The van der Waals surface area contributed by atoms with Crippen molar-refractivity contribution in [1.29, 1.82) is 0 Å². The first kappa shape index (κ1) is 30.4. The van der Waals surface area contributed by atoms with Gasteiger partial charge in [-0.15, -0.1) is 0 Å². The first-order valence-corrected chi connectivity index (χ1v) is 13.9. The molecular formula is C28H56O3. The maximum atomic E-state index is 11.6. The Hall–Kier alpha value is -0.570. The van der Waals surface area contributed by atoms with Crippen LogP contribution in [0, 0.1) is 5.92 Å². The molecule has 0 rings (SSSR count). The molecule has 0 bridgehead atoms. The van der Waals surface area contributed by atoms with Gasteiger partial charge in [-0.1, -0.05) is 136 Å². The lowest BCUT2D eigenvalue weighted by atomic mass is 9.89. The van der Waals surface area contributed by atoms with Crippen molar-refractivity contribution in [3.63, 3.8) is 0 Å². The molecule has 0 radical (unpaired) electrons. The monoisotopic (exact) mass is 440 g/mol. The molecule has 3 nitrogen and oxygen atoms in total. The molecule has 0 aromatic carbocycles. The fourth-order valence-corrected chi connectivity index (χ4v) is 4.45. The van der Waals surface area contributed by atoms with Crippen molar-refractivity contribution in [1.82, 2.24) is 0 Å². The molecule has 0 aliphatic rings. The molecule has 31 heavy (non-hydrogen) atoms. The van der Waals surface area contributed by atoms with E-state index in [1.165, 1.54) is 96.3 Å². The zero-order valence-corrected chi connectivity index (χ0v) is 21.4. The van der Waals surface area contributed by atoms with Crippen molar-refractivity contribution in [3.8, 4) is 0 Å². The second kappa shape index (κ2) is 21.3. The van der Waals surface area contributed by atoms with Crippen LogP contribution in [0.3, 0.4) is 0 Å². The third kappa shape index (κ3) is 19.8. The highest BCUT2D eigenvalue weighted by molar-refractivity contribution is 5.76. The van der Waals surface area contributed by atoms with Gasteiger partial charge in [0.2, 0.25) is 0 Å². The standard InChI is InChI=1S/C28H56O3/c1-4-5-6-7-8-9-10-11-12-13-14-15-18-21-24-28(31,27(29)30)25-22-19-16-17-20-23-26(2)3/h26,31H,4-25H2,1-3H3,(H,29,30). The number of aliphatic carboxylic acids is 1. The van der Waals surface area contributed by atoms with Gasteiger partial charge in [0.15, 0.2) is 5.60 Å². The molecule has 0 aromatic rings. The van der Waals surface area contributed by atoms with Crippen molar-refractivity contribution >= 4 is 5.97 Å². The molecule has 0 aromatic heterocycles. The predicted octanol–water partition coefficient (Wildman–Crippen LogP) is 9.06. The van der Waals surface area contributed by atoms with E-state index >= 15 is 0 Å². The number of hydrogen-bond acceptors (Lipinski definition) is 2. The molecule has 0 aliphatic carbocycles. The lowest BCUT2D eigenvalue weighted by molar-refractivity contribution is -0.160. The maximum Gasteiger partial charge on any atom is 0.335 e. The number of unbranched alkanes of at least 4 members (excludes halogenated alkanes) is 17. The van der Waals surface area contributed by atoms with Crippen molar-refractivity contribution in [2.45, 2.75) is 168 Å². The lowest BCUT2D eigenvalue weighted by Crippen LogP contribution is -2.38. The SMILES string of the molecule is CCCCCCCCCCCCCCCCC(O)(CCCCCCCC(C)C)C(=O)O. The van der Waals surface area contributed by atoms with E-state index in [0.717, 1.165) is 38.0 Å². The molecule has 0 saturated carbocycles. The molecule has 0 fully saturated rings. The third-order valence-electron chi connectivity index (χ3n) is 6.71. The number of carbonyl (C=O) groups is 1. The fourth-order valence-electron chi connectivity index (χ4n) is 4.45.